The Hall–Kier alpha value is -3.09. The highest BCUT2D eigenvalue weighted by atomic mass is 32.2. The number of aromatic nitrogens is 1. The second-order valence-corrected chi connectivity index (χ2v) is 11.7. The Labute approximate surface area is 223 Å². The Kier molecular flexibility index (Phi) is 8.95. The van der Waals surface area contributed by atoms with Crippen LogP contribution in [0.5, 0.6) is 5.75 Å². The molecule has 0 saturated carbocycles. The molecule has 0 radical (unpaired) electrons. The first-order valence-corrected chi connectivity index (χ1v) is 14.0. The van der Waals surface area contributed by atoms with E-state index in [1.807, 2.05) is 56.3 Å². The van der Waals surface area contributed by atoms with Gasteiger partial charge in [-0.25, -0.2) is 18.6 Å². The summed E-state index contributed by atoms with van der Waals surface area (Å²) in [5, 5.41) is 10.2. The van der Waals surface area contributed by atoms with E-state index in [9.17, 15) is 18.4 Å². The van der Waals surface area contributed by atoms with Crippen molar-refractivity contribution in [3.05, 3.63) is 65.9 Å². The maximum Gasteiger partial charge on any atom is 0.262 e. The fourth-order valence-electron chi connectivity index (χ4n) is 4.94. The highest BCUT2D eigenvalue weighted by Crippen LogP contribution is 2.23. The second-order valence-electron chi connectivity index (χ2n) is 9.96. The van der Waals surface area contributed by atoms with E-state index < -0.39 is 22.0 Å². The number of hydrogen-bond donors (Lipinski definition) is 3. The van der Waals surface area contributed by atoms with Crippen LogP contribution in [0, 0.1) is 12.8 Å². The molecule has 0 bridgehead atoms. The van der Waals surface area contributed by atoms with Crippen molar-refractivity contribution in [1.82, 2.24) is 25.0 Å². The number of carbonyl (C=O) groups excluding carboxylic acids is 1. The predicted molar refractivity (Wildman–Crippen MR) is 144 cm³/mol. The van der Waals surface area contributed by atoms with Crippen LogP contribution in [0.1, 0.15) is 17.7 Å². The van der Waals surface area contributed by atoms with Crippen LogP contribution < -0.4 is 14.9 Å². The lowest BCUT2D eigenvalue weighted by Crippen LogP contribution is -2.51. The number of sulfonamides is 1. The molecule has 0 spiro atoms. The lowest BCUT2D eigenvalue weighted by molar-refractivity contribution is -0.134. The summed E-state index contributed by atoms with van der Waals surface area (Å²) in [6, 6.07) is 15.2. The Balaban J connectivity index is 1.38. The Morgan fingerprint density at radius 1 is 1.21 bits per heavy atom. The number of carbonyl (C=O) groups is 1. The molecule has 11 heteroatoms. The molecule has 1 aromatic heterocycles. The maximum absolute atomic E-state index is 13.0. The highest BCUT2D eigenvalue weighted by molar-refractivity contribution is 7.89. The first-order valence-electron chi connectivity index (χ1n) is 12.6. The van der Waals surface area contributed by atoms with Gasteiger partial charge in [-0.1, -0.05) is 18.2 Å². The molecule has 1 amide bonds. The molecule has 1 saturated heterocycles. The third-order valence-corrected chi connectivity index (χ3v) is 8.16. The van der Waals surface area contributed by atoms with Crippen LogP contribution in [-0.4, -0.2) is 80.6 Å². The molecule has 0 aliphatic carbocycles. The van der Waals surface area contributed by atoms with Gasteiger partial charge in [0.1, 0.15) is 18.4 Å². The van der Waals surface area contributed by atoms with Crippen LogP contribution in [0.25, 0.3) is 10.9 Å². The normalized spacial score (nSPS) is 17.1. The van der Waals surface area contributed by atoms with Crippen molar-refractivity contribution in [2.75, 3.05) is 40.3 Å². The summed E-state index contributed by atoms with van der Waals surface area (Å²) in [5.74, 6) is 0.266. The fraction of sp³-hybridized carbons (Fsp3) is 0.407. The van der Waals surface area contributed by atoms with Gasteiger partial charge in [0.2, 0.25) is 10.0 Å². The molecule has 2 heterocycles. The smallest absolute Gasteiger partial charge is 0.262 e. The van der Waals surface area contributed by atoms with Crippen molar-refractivity contribution in [2.24, 2.45) is 5.92 Å². The van der Waals surface area contributed by atoms with Crippen LogP contribution in [0.15, 0.2) is 59.5 Å². The zero-order chi connectivity index (χ0) is 27.3. The Morgan fingerprint density at radius 3 is 2.66 bits per heavy atom. The number of rotatable bonds is 11. The summed E-state index contributed by atoms with van der Waals surface area (Å²) in [6.45, 7) is 4.27. The van der Waals surface area contributed by atoms with E-state index in [1.54, 1.807) is 17.6 Å². The minimum absolute atomic E-state index is 0.0603. The topological polar surface area (TPSA) is 124 Å². The van der Waals surface area contributed by atoms with Crippen molar-refractivity contribution in [3.63, 3.8) is 0 Å². The maximum atomic E-state index is 13.0. The van der Waals surface area contributed by atoms with Gasteiger partial charge in [0.05, 0.1) is 10.4 Å². The monoisotopic (exact) mass is 541 g/mol. The minimum Gasteiger partial charge on any atom is -0.489 e. The predicted octanol–water partition coefficient (Wildman–Crippen LogP) is 2.16. The van der Waals surface area contributed by atoms with Crippen molar-refractivity contribution in [2.45, 2.75) is 30.9 Å². The van der Waals surface area contributed by atoms with E-state index in [0.717, 1.165) is 35.1 Å². The molecule has 1 fully saturated rings. The number of hydrogen-bond acceptors (Lipinski definition) is 8. The van der Waals surface area contributed by atoms with Gasteiger partial charge in [0.15, 0.2) is 0 Å². The third kappa shape index (κ3) is 6.86. The highest BCUT2D eigenvalue weighted by Gasteiger charge is 2.33. The van der Waals surface area contributed by atoms with Gasteiger partial charge in [-0.15, -0.1) is 0 Å². The molecule has 2 atom stereocenters. The van der Waals surface area contributed by atoms with E-state index in [0.29, 0.717) is 31.4 Å². The molecule has 10 nitrogen and oxygen atoms in total. The standard InChI is InChI=1S/C27H35N5O5S/c1-19-14-21(24-6-4-5-7-25(24)29-19)18-37-22-8-10-23(11-9-22)38(35,36)28-15-26(27(33)30-34)32-13-12-20(17-32)16-31(2)3/h4-11,14,20,26,28,34H,12-13,15-18H2,1-3H3,(H,30,33). The SMILES string of the molecule is Cc1cc(COc2ccc(S(=O)(=O)NCC(C(=O)NO)N3CCC(CN(C)C)C3)cc2)c2ccccc2n1. The van der Waals surface area contributed by atoms with Gasteiger partial charge >= 0.3 is 0 Å². The Morgan fingerprint density at radius 2 is 1.95 bits per heavy atom. The number of hydroxylamine groups is 1. The summed E-state index contributed by atoms with van der Waals surface area (Å²) < 4.78 is 34.4. The number of pyridine rings is 1. The number of amides is 1. The molecular weight excluding hydrogens is 506 g/mol. The summed E-state index contributed by atoms with van der Waals surface area (Å²) in [6.07, 6.45) is 0.899. The molecule has 3 aromatic rings. The largest absolute Gasteiger partial charge is 0.489 e. The number of fused-ring (bicyclic) bond motifs is 1. The van der Waals surface area contributed by atoms with Crippen molar-refractivity contribution in [3.8, 4) is 5.75 Å². The van der Waals surface area contributed by atoms with E-state index in [-0.39, 0.29) is 11.4 Å². The first-order chi connectivity index (χ1) is 18.2. The van der Waals surface area contributed by atoms with E-state index >= 15 is 0 Å². The van der Waals surface area contributed by atoms with Crippen molar-refractivity contribution in [1.29, 1.82) is 0 Å². The number of benzene rings is 2. The van der Waals surface area contributed by atoms with Gasteiger partial charge in [-0.2, -0.15) is 0 Å². The van der Waals surface area contributed by atoms with E-state index in [2.05, 4.69) is 14.6 Å². The third-order valence-electron chi connectivity index (χ3n) is 6.72. The molecular formula is C27H35N5O5S. The first kappa shape index (κ1) is 27.9. The van der Waals surface area contributed by atoms with Gasteiger partial charge in [-0.3, -0.25) is 19.9 Å². The molecule has 1 aliphatic rings. The number of aryl methyl sites for hydroxylation is 1. The fourth-order valence-corrected chi connectivity index (χ4v) is 5.97. The zero-order valence-electron chi connectivity index (χ0n) is 21.9. The average Bonchev–Trinajstić information content (AvgIpc) is 3.34. The summed E-state index contributed by atoms with van der Waals surface area (Å²) in [7, 11) is 0.0984. The van der Waals surface area contributed by atoms with Crippen LogP contribution in [0.3, 0.4) is 0 Å². The van der Waals surface area contributed by atoms with Crippen LogP contribution >= 0.6 is 0 Å². The second kappa shape index (κ2) is 12.2. The summed E-state index contributed by atoms with van der Waals surface area (Å²) in [5.41, 5.74) is 4.46. The average molecular weight is 542 g/mol. The lowest BCUT2D eigenvalue weighted by atomic mass is 10.1. The number of likely N-dealkylation sites (tertiary alicyclic amines) is 1. The number of para-hydroxylation sites is 1. The zero-order valence-corrected chi connectivity index (χ0v) is 22.7. The van der Waals surface area contributed by atoms with Crippen molar-refractivity contribution >= 4 is 26.8 Å². The molecule has 2 unspecified atom stereocenters. The van der Waals surface area contributed by atoms with Crippen LogP contribution in [-0.2, 0) is 21.4 Å². The molecule has 38 heavy (non-hydrogen) atoms. The number of nitrogens with zero attached hydrogens (tertiary/aromatic N) is 3. The van der Waals surface area contributed by atoms with Gasteiger partial charge in [0, 0.05) is 36.3 Å². The molecule has 4 rings (SSSR count). The van der Waals surface area contributed by atoms with Gasteiger partial charge in [0.25, 0.3) is 5.91 Å². The van der Waals surface area contributed by atoms with Gasteiger partial charge in [-0.05, 0) is 76.3 Å². The van der Waals surface area contributed by atoms with Gasteiger partial charge < -0.3 is 9.64 Å². The Bertz CT molecular complexity index is 1360. The van der Waals surface area contributed by atoms with E-state index in [1.165, 1.54) is 12.1 Å². The van der Waals surface area contributed by atoms with Crippen molar-refractivity contribution < 1.29 is 23.2 Å². The molecule has 1 aliphatic heterocycles. The van der Waals surface area contributed by atoms with E-state index in [4.69, 9.17) is 4.74 Å². The number of ether oxygens (including phenoxy) is 1. The molecule has 3 N–H and O–H groups in total. The van der Waals surface area contributed by atoms with Crippen LogP contribution in [0.4, 0.5) is 0 Å². The lowest BCUT2D eigenvalue weighted by Gasteiger charge is -2.26. The molecule has 2 aromatic carbocycles. The van der Waals surface area contributed by atoms with Crippen LogP contribution in [0.2, 0.25) is 0 Å². The molecule has 204 valence electrons. The number of nitrogens with one attached hydrogen (secondary N) is 2. The summed E-state index contributed by atoms with van der Waals surface area (Å²) >= 11 is 0. The minimum atomic E-state index is -3.89. The summed E-state index contributed by atoms with van der Waals surface area (Å²) in [4.78, 5) is 20.9. The quantitative estimate of drug-likeness (QED) is 0.249.